The fourth-order valence-corrected chi connectivity index (χ4v) is 3.86. The minimum absolute atomic E-state index is 0.511. The van der Waals surface area contributed by atoms with Crippen LogP contribution in [0.25, 0.3) is 11.3 Å². The standard InChI is InChI=1S/C17H14ClN3S2/c18-12-7-5-11(6-8-12)14-10-22-17(21-14)9-16(20)23-15-4-2-1-3-13(15)19/h1-8,10,20H,9,19H2. The van der Waals surface area contributed by atoms with Crippen molar-refractivity contribution in [3.63, 3.8) is 0 Å². The molecule has 2 aromatic carbocycles. The number of nitrogens with one attached hydrogen (secondary N) is 1. The van der Waals surface area contributed by atoms with Gasteiger partial charge in [-0.2, -0.15) is 0 Å². The number of halogens is 1. The minimum atomic E-state index is 0.511. The first kappa shape index (κ1) is 16.1. The molecule has 0 saturated heterocycles. The van der Waals surface area contributed by atoms with Gasteiger partial charge in [-0.15, -0.1) is 11.3 Å². The van der Waals surface area contributed by atoms with E-state index in [-0.39, 0.29) is 0 Å². The first-order valence-corrected chi connectivity index (χ1v) is 8.99. The largest absolute Gasteiger partial charge is 0.398 e. The summed E-state index contributed by atoms with van der Waals surface area (Å²) in [7, 11) is 0. The maximum Gasteiger partial charge on any atom is 0.0997 e. The SMILES string of the molecule is N=C(Cc1nc(-c2ccc(Cl)cc2)cs1)Sc1ccccc1N. The fourth-order valence-electron chi connectivity index (χ4n) is 2.02. The summed E-state index contributed by atoms with van der Waals surface area (Å²) in [6.45, 7) is 0. The first-order valence-electron chi connectivity index (χ1n) is 6.92. The van der Waals surface area contributed by atoms with Gasteiger partial charge in [-0.05, 0) is 24.3 Å². The van der Waals surface area contributed by atoms with Crippen LogP contribution in [0.2, 0.25) is 5.02 Å². The second-order valence-electron chi connectivity index (χ2n) is 4.87. The molecule has 3 rings (SSSR count). The molecule has 0 fully saturated rings. The molecule has 0 spiro atoms. The van der Waals surface area contributed by atoms with Crippen LogP contribution in [0.1, 0.15) is 5.01 Å². The van der Waals surface area contributed by atoms with E-state index in [0.29, 0.717) is 22.2 Å². The molecule has 0 amide bonds. The van der Waals surface area contributed by atoms with Crippen LogP contribution in [-0.4, -0.2) is 10.0 Å². The van der Waals surface area contributed by atoms with Crippen molar-refractivity contribution < 1.29 is 0 Å². The molecule has 23 heavy (non-hydrogen) atoms. The number of nitrogens with two attached hydrogens (primary N) is 1. The summed E-state index contributed by atoms with van der Waals surface area (Å²) in [5, 5.41) is 12.3. The van der Waals surface area contributed by atoms with E-state index in [1.807, 2.05) is 53.9 Å². The summed E-state index contributed by atoms with van der Waals surface area (Å²) in [4.78, 5) is 5.51. The van der Waals surface area contributed by atoms with E-state index >= 15 is 0 Å². The molecular formula is C17H14ClN3S2. The Morgan fingerprint density at radius 3 is 2.65 bits per heavy atom. The zero-order valence-electron chi connectivity index (χ0n) is 12.1. The Morgan fingerprint density at radius 2 is 1.91 bits per heavy atom. The topological polar surface area (TPSA) is 62.8 Å². The van der Waals surface area contributed by atoms with Gasteiger partial charge in [0.25, 0.3) is 0 Å². The summed E-state index contributed by atoms with van der Waals surface area (Å²) < 4.78 is 0. The van der Waals surface area contributed by atoms with Crippen molar-refractivity contribution in [1.29, 1.82) is 5.41 Å². The molecule has 0 radical (unpaired) electrons. The molecule has 6 heteroatoms. The monoisotopic (exact) mass is 359 g/mol. The number of thiazole rings is 1. The highest BCUT2D eigenvalue weighted by molar-refractivity contribution is 8.14. The van der Waals surface area contributed by atoms with Crippen LogP contribution in [-0.2, 0) is 6.42 Å². The molecule has 1 aromatic heterocycles. The van der Waals surface area contributed by atoms with Crippen LogP contribution in [0.15, 0.2) is 58.8 Å². The Hall–Kier alpha value is -1.82. The van der Waals surface area contributed by atoms with Gasteiger partial charge in [-0.25, -0.2) is 4.98 Å². The van der Waals surface area contributed by atoms with Crippen molar-refractivity contribution in [1.82, 2.24) is 4.98 Å². The first-order chi connectivity index (χ1) is 11.1. The maximum atomic E-state index is 8.16. The molecule has 3 aromatic rings. The summed E-state index contributed by atoms with van der Waals surface area (Å²) >= 11 is 8.85. The normalized spacial score (nSPS) is 10.7. The molecule has 116 valence electrons. The highest BCUT2D eigenvalue weighted by Gasteiger charge is 2.09. The lowest BCUT2D eigenvalue weighted by Gasteiger charge is -2.04. The smallest absolute Gasteiger partial charge is 0.0997 e. The summed E-state index contributed by atoms with van der Waals surface area (Å²) in [5.41, 5.74) is 8.56. The average molecular weight is 360 g/mol. The van der Waals surface area contributed by atoms with Crippen molar-refractivity contribution in [2.24, 2.45) is 0 Å². The van der Waals surface area contributed by atoms with Crippen molar-refractivity contribution in [3.8, 4) is 11.3 Å². The van der Waals surface area contributed by atoms with E-state index < -0.39 is 0 Å². The highest BCUT2D eigenvalue weighted by Crippen LogP contribution is 2.28. The molecule has 0 atom stereocenters. The lowest BCUT2D eigenvalue weighted by molar-refractivity contribution is 1.22. The number of hydrogen-bond acceptors (Lipinski definition) is 5. The molecule has 0 saturated carbocycles. The molecule has 0 unspecified atom stereocenters. The van der Waals surface area contributed by atoms with Crippen LogP contribution in [0.5, 0.6) is 0 Å². The third-order valence-electron chi connectivity index (χ3n) is 3.16. The molecule has 3 N–H and O–H groups in total. The van der Waals surface area contributed by atoms with Crippen LogP contribution in [0.3, 0.4) is 0 Å². The molecule has 1 heterocycles. The number of aromatic nitrogens is 1. The second-order valence-corrected chi connectivity index (χ2v) is 7.39. The van der Waals surface area contributed by atoms with Crippen molar-refractivity contribution in [2.45, 2.75) is 11.3 Å². The van der Waals surface area contributed by atoms with Crippen LogP contribution in [0, 0.1) is 5.41 Å². The van der Waals surface area contributed by atoms with Gasteiger partial charge in [0, 0.05) is 33.0 Å². The van der Waals surface area contributed by atoms with Crippen molar-refractivity contribution in [3.05, 3.63) is 63.9 Å². The number of nitrogens with zero attached hydrogens (tertiary/aromatic N) is 1. The van der Waals surface area contributed by atoms with Gasteiger partial charge >= 0.3 is 0 Å². The third kappa shape index (κ3) is 4.13. The summed E-state index contributed by atoms with van der Waals surface area (Å²) in [6, 6.07) is 15.2. The number of anilines is 1. The van der Waals surface area contributed by atoms with E-state index in [0.717, 1.165) is 21.2 Å². The number of para-hydroxylation sites is 1. The van der Waals surface area contributed by atoms with Gasteiger partial charge in [0.2, 0.25) is 0 Å². The Balaban J connectivity index is 1.68. The third-order valence-corrected chi connectivity index (χ3v) is 5.24. The van der Waals surface area contributed by atoms with Crippen molar-refractivity contribution >= 4 is 45.4 Å². The van der Waals surface area contributed by atoms with E-state index in [2.05, 4.69) is 4.98 Å². The van der Waals surface area contributed by atoms with Crippen molar-refractivity contribution in [2.75, 3.05) is 5.73 Å². The van der Waals surface area contributed by atoms with E-state index in [1.165, 1.54) is 11.8 Å². The Labute approximate surface area is 148 Å². The predicted molar refractivity (Wildman–Crippen MR) is 101 cm³/mol. The van der Waals surface area contributed by atoms with Gasteiger partial charge < -0.3 is 5.73 Å². The minimum Gasteiger partial charge on any atom is -0.398 e. The van der Waals surface area contributed by atoms with Crippen LogP contribution in [0.4, 0.5) is 5.69 Å². The Bertz CT molecular complexity index is 828. The molecule has 3 nitrogen and oxygen atoms in total. The molecule has 0 aliphatic rings. The summed E-state index contributed by atoms with van der Waals surface area (Å²) in [6.07, 6.45) is 0.511. The predicted octanol–water partition coefficient (Wildman–Crippen LogP) is 5.36. The number of nitrogen functional groups attached to an aromatic ring is 1. The molecule has 0 aliphatic heterocycles. The van der Waals surface area contributed by atoms with E-state index in [9.17, 15) is 0 Å². The van der Waals surface area contributed by atoms with Gasteiger partial charge in [-0.1, -0.05) is 47.6 Å². The Morgan fingerprint density at radius 1 is 1.17 bits per heavy atom. The van der Waals surface area contributed by atoms with Gasteiger partial charge in [0.05, 0.1) is 15.7 Å². The van der Waals surface area contributed by atoms with Gasteiger partial charge in [0.15, 0.2) is 0 Å². The second kappa shape index (κ2) is 7.17. The number of thioether (sulfide) groups is 1. The van der Waals surface area contributed by atoms with Gasteiger partial charge in [-0.3, -0.25) is 5.41 Å². The fraction of sp³-hybridized carbons (Fsp3) is 0.0588. The average Bonchev–Trinajstić information content (AvgIpc) is 2.98. The van der Waals surface area contributed by atoms with E-state index in [1.54, 1.807) is 11.3 Å². The lowest BCUT2D eigenvalue weighted by Crippen LogP contribution is -1.97. The van der Waals surface area contributed by atoms with Crippen LogP contribution >= 0.6 is 34.7 Å². The van der Waals surface area contributed by atoms with Crippen LogP contribution < -0.4 is 5.73 Å². The number of hydrogen-bond donors (Lipinski definition) is 2. The highest BCUT2D eigenvalue weighted by atomic mass is 35.5. The number of rotatable bonds is 4. The number of benzene rings is 2. The lowest BCUT2D eigenvalue weighted by atomic mass is 10.2. The molecule has 0 bridgehead atoms. The Kier molecular flexibility index (Phi) is 5.00. The zero-order chi connectivity index (χ0) is 16.2. The maximum absolute atomic E-state index is 8.16. The quantitative estimate of drug-likeness (QED) is 0.285. The molecular weight excluding hydrogens is 346 g/mol. The zero-order valence-corrected chi connectivity index (χ0v) is 14.5. The van der Waals surface area contributed by atoms with Gasteiger partial charge in [0.1, 0.15) is 0 Å². The summed E-state index contributed by atoms with van der Waals surface area (Å²) in [5.74, 6) is 0. The van der Waals surface area contributed by atoms with E-state index in [4.69, 9.17) is 22.7 Å². The molecule has 0 aliphatic carbocycles.